The van der Waals surface area contributed by atoms with E-state index in [-0.39, 0.29) is 30.1 Å². The predicted octanol–water partition coefficient (Wildman–Crippen LogP) is 1.89. The predicted molar refractivity (Wildman–Crippen MR) is 81.7 cm³/mol. The number of carbonyl (C=O) groups excluding carboxylic acids is 2. The number of carbonyl (C=O) groups is 2. The van der Waals surface area contributed by atoms with E-state index in [4.69, 9.17) is 9.52 Å². The number of aliphatic hydroxyl groups is 1. The Bertz CT molecular complexity index is 620. The molecule has 0 aliphatic carbocycles. The lowest BCUT2D eigenvalue weighted by Crippen LogP contribution is -2.29. The third-order valence-corrected chi connectivity index (χ3v) is 3.07. The van der Waals surface area contributed by atoms with E-state index < -0.39 is 0 Å². The number of rotatable bonds is 6. The highest BCUT2D eigenvalue weighted by Crippen LogP contribution is 2.12. The van der Waals surface area contributed by atoms with Gasteiger partial charge in [-0.3, -0.25) is 9.59 Å². The van der Waals surface area contributed by atoms with Gasteiger partial charge in [-0.25, -0.2) is 0 Å². The molecule has 1 aromatic heterocycles. The van der Waals surface area contributed by atoms with Crippen molar-refractivity contribution < 1.29 is 19.1 Å². The molecule has 1 unspecified atom stereocenters. The molecule has 1 heterocycles. The van der Waals surface area contributed by atoms with Gasteiger partial charge in [-0.15, -0.1) is 0 Å². The summed E-state index contributed by atoms with van der Waals surface area (Å²) in [6, 6.07) is 9.74. The van der Waals surface area contributed by atoms with Gasteiger partial charge in [-0.2, -0.15) is 0 Å². The molecule has 2 amide bonds. The zero-order chi connectivity index (χ0) is 15.9. The maximum atomic E-state index is 11.9. The van der Waals surface area contributed by atoms with Gasteiger partial charge < -0.3 is 20.2 Å². The fourth-order valence-electron chi connectivity index (χ4n) is 1.74. The fourth-order valence-corrected chi connectivity index (χ4v) is 1.74. The topological polar surface area (TPSA) is 91.6 Å². The van der Waals surface area contributed by atoms with Crippen LogP contribution in [0.1, 0.15) is 27.8 Å². The Balaban J connectivity index is 1.92. The summed E-state index contributed by atoms with van der Waals surface area (Å²) in [5.41, 5.74) is 1.06. The van der Waals surface area contributed by atoms with Crippen LogP contribution in [0.2, 0.25) is 0 Å². The van der Waals surface area contributed by atoms with E-state index >= 15 is 0 Å². The second-order valence-electron chi connectivity index (χ2n) is 5.01. The van der Waals surface area contributed by atoms with Crippen LogP contribution in [0.5, 0.6) is 0 Å². The highest BCUT2D eigenvalue weighted by atomic mass is 16.3. The molecule has 0 saturated heterocycles. The molecule has 0 aliphatic heterocycles. The lowest BCUT2D eigenvalue weighted by molar-refractivity contribution is 0.0941. The number of nitrogens with one attached hydrogen (secondary N) is 2. The number of anilines is 1. The second-order valence-corrected chi connectivity index (χ2v) is 5.01. The zero-order valence-corrected chi connectivity index (χ0v) is 12.2. The molecular formula is C16H18N2O4. The molecule has 2 rings (SSSR count). The smallest absolute Gasteiger partial charge is 0.291 e. The number of hydrogen-bond acceptors (Lipinski definition) is 4. The number of benzene rings is 1. The molecule has 116 valence electrons. The number of hydrogen-bond donors (Lipinski definition) is 3. The van der Waals surface area contributed by atoms with Gasteiger partial charge in [0, 0.05) is 24.4 Å². The van der Waals surface area contributed by atoms with Gasteiger partial charge in [0.2, 0.25) is 0 Å². The standard InChI is InChI=1S/C16H18N2O4/c1-11(10-19)9-17-15(20)12-4-6-13(7-5-12)18-16(21)14-3-2-8-22-14/h2-8,11,19H,9-10H2,1H3,(H,17,20)(H,18,21). The first kappa shape index (κ1) is 15.8. The van der Waals surface area contributed by atoms with Crippen molar-refractivity contribution in [2.24, 2.45) is 5.92 Å². The lowest BCUT2D eigenvalue weighted by Gasteiger charge is -2.10. The number of amides is 2. The molecule has 2 aromatic rings. The third kappa shape index (κ3) is 4.20. The van der Waals surface area contributed by atoms with E-state index in [0.29, 0.717) is 17.8 Å². The summed E-state index contributed by atoms with van der Waals surface area (Å²) in [6.07, 6.45) is 1.43. The van der Waals surface area contributed by atoms with Gasteiger partial charge in [-0.05, 0) is 42.3 Å². The highest BCUT2D eigenvalue weighted by molar-refractivity contribution is 6.02. The Morgan fingerprint density at radius 3 is 2.50 bits per heavy atom. The normalized spacial score (nSPS) is 11.7. The summed E-state index contributed by atoms with van der Waals surface area (Å²) in [6.45, 7) is 2.28. The Morgan fingerprint density at radius 2 is 1.91 bits per heavy atom. The summed E-state index contributed by atoms with van der Waals surface area (Å²) in [7, 11) is 0. The van der Waals surface area contributed by atoms with Crippen LogP contribution in [0.3, 0.4) is 0 Å². The van der Waals surface area contributed by atoms with Gasteiger partial charge in [0.1, 0.15) is 0 Å². The van der Waals surface area contributed by atoms with Crippen molar-refractivity contribution in [3.63, 3.8) is 0 Å². The quantitative estimate of drug-likeness (QED) is 0.760. The molecule has 0 saturated carbocycles. The summed E-state index contributed by atoms with van der Waals surface area (Å²) in [5, 5.41) is 14.3. The average molecular weight is 302 g/mol. The van der Waals surface area contributed by atoms with Gasteiger partial charge in [0.05, 0.1) is 6.26 Å². The molecule has 0 fully saturated rings. The minimum absolute atomic E-state index is 0.0100. The molecule has 0 bridgehead atoms. The molecule has 1 atom stereocenters. The Labute approximate surface area is 128 Å². The van der Waals surface area contributed by atoms with E-state index in [9.17, 15) is 9.59 Å². The monoisotopic (exact) mass is 302 g/mol. The van der Waals surface area contributed by atoms with Gasteiger partial charge in [0.25, 0.3) is 11.8 Å². The first-order chi connectivity index (χ1) is 10.6. The highest BCUT2D eigenvalue weighted by Gasteiger charge is 2.10. The molecule has 1 aromatic carbocycles. The average Bonchev–Trinajstić information content (AvgIpc) is 3.07. The lowest BCUT2D eigenvalue weighted by atomic mass is 10.1. The Morgan fingerprint density at radius 1 is 1.18 bits per heavy atom. The largest absolute Gasteiger partial charge is 0.459 e. The molecule has 22 heavy (non-hydrogen) atoms. The first-order valence-corrected chi connectivity index (χ1v) is 6.94. The summed E-state index contributed by atoms with van der Waals surface area (Å²) in [4.78, 5) is 23.7. The van der Waals surface area contributed by atoms with E-state index in [0.717, 1.165) is 0 Å². The maximum absolute atomic E-state index is 11.9. The SMILES string of the molecule is CC(CO)CNC(=O)c1ccc(NC(=O)c2ccco2)cc1. The van der Waals surface area contributed by atoms with Crippen LogP contribution in [0.25, 0.3) is 0 Å². The van der Waals surface area contributed by atoms with E-state index in [1.54, 1.807) is 36.4 Å². The molecule has 6 heteroatoms. The van der Waals surface area contributed by atoms with Crippen LogP contribution in [-0.2, 0) is 0 Å². The molecule has 0 aliphatic rings. The molecule has 3 N–H and O–H groups in total. The van der Waals surface area contributed by atoms with Crippen LogP contribution < -0.4 is 10.6 Å². The van der Waals surface area contributed by atoms with Crippen molar-refractivity contribution in [2.45, 2.75) is 6.92 Å². The van der Waals surface area contributed by atoms with Crippen molar-refractivity contribution in [1.29, 1.82) is 0 Å². The third-order valence-electron chi connectivity index (χ3n) is 3.07. The van der Waals surface area contributed by atoms with Crippen molar-refractivity contribution in [1.82, 2.24) is 5.32 Å². The number of aliphatic hydroxyl groups excluding tert-OH is 1. The Hall–Kier alpha value is -2.60. The van der Waals surface area contributed by atoms with Crippen molar-refractivity contribution >= 4 is 17.5 Å². The summed E-state index contributed by atoms with van der Waals surface area (Å²) >= 11 is 0. The maximum Gasteiger partial charge on any atom is 0.291 e. The molecule has 6 nitrogen and oxygen atoms in total. The minimum Gasteiger partial charge on any atom is -0.459 e. The second kappa shape index (κ2) is 7.42. The Kier molecular flexibility index (Phi) is 5.32. The zero-order valence-electron chi connectivity index (χ0n) is 12.2. The van der Waals surface area contributed by atoms with E-state index in [2.05, 4.69) is 10.6 Å². The van der Waals surface area contributed by atoms with E-state index in [1.807, 2.05) is 6.92 Å². The molecule has 0 spiro atoms. The minimum atomic E-state index is -0.348. The van der Waals surface area contributed by atoms with Crippen LogP contribution in [0.4, 0.5) is 5.69 Å². The molecular weight excluding hydrogens is 284 g/mol. The van der Waals surface area contributed by atoms with Crippen molar-refractivity contribution in [3.05, 3.63) is 54.0 Å². The summed E-state index contributed by atoms with van der Waals surface area (Å²) in [5.74, 6) is -0.334. The van der Waals surface area contributed by atoms with Crippen LogP contribution in [0, 0.1) is 5.92 Å². The van der Waals surface area contributed by atoms with E-state index in [1.165, 1.54) is 6.26 Å². The van der Waals surface area contributed by atoms with Crippen LogP contribution in [-0.4, -0.2) is 30.1 Å². The summed E-state index contributed by atoms with van der Waals surface area (Å²) < 4.78 is 5.00. The van der Waals surface area contributed by atoms with Crippen molar-refractivity contribution in [3.8, 4) is 0 Å². The fraction of sp³-hybridized carbons (Fsp3) is 0.250. The molecule has 0 radical (unpaired) electrons. The van der Waals surface area contributed by atoms with Crippen molar-refractivity contribution in [2.75, 3.05) is 18.5 Å². The van der Waals surface area contributed by atoms with Crippen LogP contribution in [0.15, 0.2) is 47.1 Å². The van der Waals surface area contributed by atoms with Crippen LogP contribution >= 0.6 is 0 Å². The van der Waals surface area contributed by atoms with Gasteiger partial charge in [-0.1, -0.05) is 6.92 Å². The van der Waals surface area contributed by atoms with Gasteiger partial charge in [0.15, 0.2) is 5.76 Å². The van der Waals surface area contributed by atoms with Gasteiger partial charge >= 0.3 is 0 Å². The number of furan rings is 1. The first-order valence-electron chi connectivity index (χ1n) is 6.94.